The Morgan fingerprint density at radius 3 is 1.67 bits per heavy atom. The lowest BCUT2D eigenvalue weighted by Crippen LogP contribution is -2.33. The minimum absolute atomic E-state index is 0.551. The molecule has 5 heteroatoms. The van der Waals surface area contributed by atoms with Crippen LogP contribution in [-0.2, 0) is 5.92 Å². The third kappa shape index (κ3) is 4.17. The van der Waals surface area contributed by atoms with E-state index in [2.05, 4.69) is 6.92 Å². The van der Waals surface area contributed by atoms with Crippen molar-refractivity contribution in [1.29, 1.82) is 0 Å². The Morgan fingerprint density at radius 1 is 0.741 bits per heavy atom. The largest absolute Gasteiger partial charge is 0.458 e. The van der Waals surface area contributed by atoms with E-state index < -0.39 is 17.7 Å². The van der Waals surface area contributed by atoms with Crippen LogP contribution in [0.4, 0.5) is 22.0 Å². The lowest BCUT2D eigenvalue weighted by molar-refractivity contribution is -0.289. The van der Waals surface area contributed by atoms with Gasteiger partial charge in [0.15, 0.2) is 0 Å². The molecule has 0 aliphatic heterocycles. The van der Waals surface area contributed by atoms with Crippen molar-refractivity contribution < 1.29 is 22.0 Å². The first kappa shape index (κ1) is 19.8. The van der Waals surface area contributed by atoms with Crippen LogP contribution < -0.4 is 0 Å². The summed E-state index contributed by atoms with van der Waals surface area (Å²) in [5, 5.41) is 0. The predicted octanol–water partition coefficient (Wildman–Crippen LogP) is 7.69. The van der Waals surface area contributed by atoms with Gasteiger partial charge in [-0.25, -0.2) is 0 Å². The fourth-order valence-electron chi connectivity index (χ4n) is 3.89. The van der Waals surface area contributed by atoms with Gasteiger partial charge in [-0.2, -0.15) is 22.0 Å². The van der Waals surface area contributed by atoms with E-state index in [0.717, 1.165) is 23.6 Å². The van der Waals surface area contributed by atoms with E-state index in [9.17, 15) is 22.0 Å². The quantitative estimate of drug-likeness (QED) is 0.476. The summed E-state index contributed by atoms with van der Waals surface area (Å²) < 4.78 is 64.2. The highest BCUT2D eigenvalue weighted by Crippen LogP contribution is 2.44. The van der Waals surface area contributed by atoms with E-state index in [1.807, 2.05) is 24.3 Å². The van der Waals surface area contributed by atoms with Gasteiger partial charge in [-0.1, -0.05) is 61.9 Å². The molecule has 0 saturated heterocycles. The zero-order chi connectivity index (χ0) is 19.7. The SMILES string of the molecule is CCC1CCC(c2ccc(-c3ccc(C(F)(F)C(F)(F)F)cc3)cc2)CC1. The molecule has 0 aromatic heterocycles. The molecule has 1 saturated carbocycles. The van der Waals surface area contributed by atoms with Gasteiger partial charge in [-0.05, 0) is 54.2 Å². The molecule has 146 valence electrons. The molecule has 0 spiro atoms. The van der Waals surface area contributed by atoms with Gasteiger partial charge in [0.25, 0.3) is 0 Å². The van der Waals surface area contributed by atoms with Gasteiger partial charge in [0.1, 0.15) is 0 Å². The van der Waals surface area contributed by atoms with Crippen molar-refractivity contribution in [2.45, 2.75) is 57.0 Å². The number of rotatable bonds is 4. The second kappa shape index (κ2) is 7.61. The average Bonchev–Trinajstić information content (AvgIpc) is 2.67. The summed E-state index contributed by atoms with van der Waals surface area (Å²) in [6.07, 6.45) is 0.496. The summed E-state index contributed by atoms with van der Waals surface area (Å²) in [5.74, 6) is -3.46. The lowest BCUT2D eigenvalue weighted by atomic mass is 9.77. The third-order valence-electron chi connectivity index (χ3n) is 5.74. The van der Waals surface area contributed by atoms with Crippen LogP contribution in [-0.4, -0.2) is 6.18 Å². The van der Waals surface area contributed by atoms with Gasteiger partial charge >= 0.3 is 12.1 Å². The molecule has 0 nitrogen and oxygen atoms in total. The molecule has 0 heterocycles. The van der Waals surface area contributed by atoms with Crippen molar-refractivity contribution in [3.05, 3.63) is 59.7 Å². The summed E-state index contributed by atoms with van der Waals surface area (Å²) in [7, 11) is 0. The second-order valence-electron chi connectivity index (χ2n) is 7.40. The zero-order valence-electron chi connectivity index (χ0n) is 15.2. The maximum absolute atomic E-state index is 13.4. The van der Waals surface area contributed by atoms with Crippen LogP contribution in [0, 0.1) is 5.92 Å². The fraction of sp³-hybridized carbons (Fsp3) is 0.455. The lowest BCUT2D eigenvalue weighted by Gasteiger charge is -2.28. The number of hydrogen-bond acceptors (Lipinski definition) is 0. The molecule has 1 fully saturated rings. The highest BCUT2D eigenvalue weighted by atomic mass is 19.4. The van der Waals surface area contributed by atoms with Crippen molar-refractivity contribution in [3.63, 3.8) is 0 Å². The molecule has 2 aromatic carbocycles. The molecule has 1 aliphatic rings. The zero-order valence-corrected chi connectivity index (χ0v) is 15.2. The molecule has 0 radical (unpaired) electrons. The molecule has 27 heavy (non-hydrogen) atoms. The first-order valence-corrected chi connectivity index (χ1v) is 9.37. The average molecular weight is 382 g/mol. The van der Waals surface area contributed by atoms with Crippen LogP contribution in [0.5, 0.6) is 0 Å². The van der Waals surface area contributed by atoms with Crippen molar-refractivity contribution in [2.24, 2.45) is 5.92 Å². The van der Waals surface area contributed by atoms with E-state index in [1.54, 1.807) is 0 Å². The summed E-state index contributed by atoms with van der Waals surface area (Å²) in [6.45, 7) is 2.23. The topological polar surface area (TPSA) is 0 Å². The van der Waals surface area contributed by atoms with Crippen LogP contribution in [0.3, 0.4) is 0 Å². The van der Waals surface area contributed by atoms with E-state index in [0.29, 0.717) is 11.5 Å². The van der Waals surface area contributed by atoms with Crippen LogP contribution in [0.2, 0.25) is 0 Å². The Hall–Kier alpha value is -1.91. The van der Waals surface area contributed by atoms with Crippen LogP contribution in [0.15, 0.2) is 48.5 Å². The molecular weight excluding hydrogens is 359 g/mol. The molecule has 3 rings (SSSR count). The summed E-state index contributed by atoms with van der Waals surface area (Å²) in [6, 6.07) is 12.3. The second-order valence-corrected chi connectivity index (χ2v) is 7.40. The summed E-state index contributed by atoms with van der Waals surface area (Å²) in [4.78, 5) is 0. The van der Waals surface area contributed by atoms with Crippen LogP contribution in [0.25, 0.3) is 11.1 Å². The Labute approximate surface area is 156 Å². The molecule has 0 unspecified atom stereocenters. The van der Waals surface area contributed by atoms with Gasteiger partial charge in [0, 0.05) is 5.56 Å². The Kier molecular flexibility index (Phi) is 5.59. The van der Waals surface area contributed by atoms with Gasteiger partial charge < -0.3 is 0 Å². The molecule has 1 aliphatic carbocycles. The molecule has 0 amide bonds. The van der Waals surface area contributed by atoms with Crippen LogP contribution >= 0.6 is 0 Å². The van der Waals surface area contributed by atoms with E-state index >= 15 is 0 Å². The number of benzene rings is 2. The highest BCUT2D eigenvalue weighted by Gasteiger charge is 2.58. The van der Waals surface area contributed by atoms with Crippen molar-refractivity contribution in [2.75, 3.05) is 0 Å². The van der Waals surface area contributed by atoms with Gasteiger partial charge in [0.2, 0.25) is 0 Å². The summed E-state index contributed by atoms with van der Waals surface area (Å²) >= 11 is 0. The van der Waals surface area contributed by atoms with Gasteiger partial charge in [-0.3, -0.25) is 0 Å². The van der Waals surface area contributed by atoms with Crippen LogP contribution in [0.1, 0.15) is 56.1 Å². The predicted molar refractivity (Wildman–Crippen MR) is 96.8 cm³/mol. The maximum atomic E-state index is 13.4. The minimum atomic E-state index is -5.59. The minimum Gasteiger partial charge on any atom is -0.191 e. The Balaban J connectivity index is 1.72. The molecule has 0 N–H and O–H groups in total. The number of alkyl halides is 5. The van der Waals surface area contributed by atoms with Crippen molar-refractivity contribution in [3.8, 4) is 11.1 Å². The molecule has 0 bridgehead atoms. The van der Waals surface area contributed by atoms with Crippen molar-refractivity contribution >= 4 is 0 Å². The fourth-order valence-corrected chi connectivity index (χ4v) is 3.89. The standard InChI is InChI=1S/C22H23F5/c1-2-15-3-5-16(6-4-15)17-7-9-18(10-8-17)19-11-13-20(14-12-19)21(23,24)22(25,26)27/h7-16H,2-6H2,1H3. The monoisotopic (exact) mass is 382 g/mol. The smallest absolute Gasteiger partial charge is 0.191 e. The maximum Gasteiger partial charge on any atom is 0.458 e. The normalized spacial score (nSPS) is 21.3. The first-order chi connectivity index (χ1) is 12.7. The molecular formula is C22H23F5. The van der Waals surface area contributed by atoms with E-state index in [-0.39, 0.29) is 0 Å². The number of halogens is 5. The van der Waals surface area contributed by atoms with E-state index in [1.165, 1.54) is 49.8 Å². The third-order valence-corrected chi connectivity index (χ3v) is 5.74. The number of hydrogen-bond donors (Lipinski definition) is 0. The van der Waals surface area contributed by atoms with E-state index in [4.69, 9.17) is 0 Å². The van der Waals surface area contributed by atoms with Crippen molar-refractivity contribution in [1.82, 2.24) is 0 Å². The van der Waals surface area contributed by atoms with Gasteiger partial charge in [0.05, 0.1) is 0 Å². The summed E-state index contributed by atoms with van der Waals surface area (Å²) in [5.41, 5.74) is 1.66. The Morgan fingerprint density at radius 2 is 1.22 bits per heavy atom. The molecule has 2 aromatic rings. The highest BCUT2D eigenvalue weighted by molar-refractivity contribution is 5.64. The Bertz CT molecular complexity index is 736. The van der Waals surface area contributed by atoms with Gasteiger partial charge in [-0.15, -0.1) is 0 Å². The first-order valence-electron chi connectivity index (χ1n) is 9.37. The molecule has 0 atom stereocenters.